The van der Waals surface area contributed by atoms with Gasteiger partial charge < -0.3 is 19.9 Å². The maximum absolute atomic E-state index is 6.06. The smallest absolute Gasteiger partial charge is 0.126 e. The summed E-state index contributed by atoms with van der Waals surface area (Å²) in [4.78, 5) is 0. The molecule has 1 heterocycles. The summed E-state index contributed by atoms with van der Waals surface area (Å²) in [6.07, 6.45) is 0.830. The van der Waals surface area contributed by atoms with Crippen molar-refractivity contribution in [3.8, 4) is 11.5 Å². The predicted octanol–water partition coefficient (Wildman–Crippen LogP) is 1.28. The van der Waals surface area contributed by atoms with Crippen molar-refractivity contribution in [2.75, 3.05) is 27.4 Å². The van der Waals surface area contributed by atoms with E-state index in [1.807, 2.05) is 12.1 Å². The molecule has 1 aliphatic heterocycles. The van der Waals surface area contributed by atoms with Crippen LogP contribution in [0.5, 0.6) is 11.5 Å². The number of nitrogens with two attached hydrogens (primary N) is 1. The molecule has 0 saturated heterocycles. The number of hydrogen-bond donors (Lipinski definition) is 1. The molecule has 1 aromatic rings. The highest BCUT2D eigenvalue weighted by molar-refractivity contribution is 5.48. The molecule has 0 saturated carbocycles. The van der Waals surface area contributed by atoms with Gasteiger partial charge in [-0.1, -0.05) is 0 Å². The fourth-order valence-corrected chi connectivity index (χ4v) is 2.01. The number of rotatable bonds is 2. The Morgan fingerprint density at radius 2 is 2.12 bits per heavy atom. The van der Waals surface area contributed by atoms with Crippen molar-refractivity contribution in [3.05, 3.63) is 23.3 Å². The normalized spacial score (nSPS) is 19.8. The minimum atomic E-state index is -0.110. The van der Waals surface area contributed by atoms with Gasteiger partial charge in [0.2, 0.25) is 0 Å². The largest absolute Gasteiger partial charge is 0.497 e. The maximum Gasteiger partial charge on any atom is 0.126 e. The molecule has 0 aromatic heterocycles. The van der Waals surface area contributed by atoms with Crippen molar-refractivity contribution in [2.45, 2.75) is 12.5 Å². The van der Waals surface area contributed by atoms with Gasteiger partial charge in [-0.3, -0.25) is 0 Å². The van der Waals surface area contributed by atoms with E-state index in [-0.39, 0.29) is 6.04 Å². The van der Waals surface area contributed by atoms with Gasteiger partial charge in [0.15, 0.2) is 0 Å². The molecule has 16 heavy (non-hydrogen) atoms. The van der Waals surface area contributed by atoms with E-state index in [1.54, 1.807) is 14.2 Å². The van der Waals surface area contributed by atoms with E-state index < -0.39 is 0 Å². The summed E-state index contributed by atoms with van der Waals surface area (Å²) in [7, 11) is 3.30. The van der Waals surface area contributed by atoms with Crippen LogP contribution in [-0.4, -0.2) is 27.4 Å². The Hall–Kier alpha value is -1.26. The van der Waals surface area contributed by atoms with E-state index in [0.717, 1.165) is 29.0 Å². The third kappa shape index (κ3) is 1.99. The fourth-order valence-electron chi connectivity index (χ4n) is 2.01. The summed E-state index contributed by atoms with van der Waals surface area (Å²) in [6.45, 7) is 1.23. The van der Waals surface area contributed by atoms with Crippen LogP contribution in [0.4, 0.5) is 0 Å². The van der Waals surface area contributed by atoms with Gasteiger partial charge in [-0.25, -0.2) is 0 Å². The van der Waals surface area contributed by atoms with Crippen LogP contribution < -0.4 is 15.2 Å². The Kier molecular flexibility index (Phi) is 3.31. The molecule has 1 unspecified atom stereocenters. The first-order valence-corrected chi connectivity index (χ1v) is 5.34. The van der Waals surface area contributed by atoms with Crippen molar-refractivity contribution in [2.24, 2.45) is 5.73 Å². The zero-order chi connectivity index (χ0) is 11.5. The minimum absolute atomic E-state index is 0.110. The molecule has 0 bridgehead atoms. The first-order chi connectivity index (χ1) is 7.76. The quantitative estimate of drug-likeness (QED) is 0.820. The monoisotopic (exact) mass is 223 g/mol. The predicted molar refractivity (Wildman–Crippen MR) is 61.0 cm³/mol. The zero-order valence-electron chi connectivity index (χ0n) is 9.66. The summed E-state index contributed by atoms with van der Waals surface area (Å²) in [5.41, 5.74) is 8.25. The van der Waals surface area contributed by atoms with Crippen molar-refractivity contribution < 1.29 is 14.2 Å². The molecule has 0 radical (unpaired) electrons. The van der Waals surface area contributed by atoms with Crippen molar-refractivity contribution >= 4 is 0 Å². The highest BCUT2D eigenvalue weighted by Gasteiger charge is 2.20. The first-order valence-electron chi connectivity index (χ1n) is 5.34. The van der Waals surface area contributed by atoms with E-state index in [4.69, 9.17) is 19.9 Å². The van der Waals surface area contributed by atoms with Gasteiger partial charge in [0.1, 0.15) is 11.5 Å². The second kappa shape index (κ2) is 4.72. The molecule has 2 rings (SSSR count). The number of ether oxygens (including phenoxy) is 3. The van der Waals surface area contributed by atoms with Gasteiger partial charge in [0, 0.05) is 11.6 Å². The van der Waals surface area contributed by atoms with Crippen LogP contribution >= 0.6 is 0 Å². The average Bonchev–Trinajstić information content (AvgIpc) is 2.50. The van der Waals surface area contributed by atoms with Crippen molar-refractivity contribution in [1.29, 1.82) is 0 Å². The third-order valence-corrected chi connectivity index (χ3v) is 2.87. The molecule has 0 spiro atoms. The Balaban J connectivity index is 2.51. The van der Waals surface area contributed by atoms with E-state index in [1.165, 1.54) is 0 Å². The molecule has 4 nitrogen and oxygen atoms in total. The molecule has 1 atom stereocenters. The van der Waals surface area contributed by atoms with Gasteiger partial charge in [-0.2, -0.15) is 0 Å². The Bertz CT molecular complexity index is 379. The number of benzene rings is 1. The summed E-state index contributed by atoms with van der Waals surface area (Å²) in [6, 6.07) is 3.75. The van der Waals surface area contributed by atoms with Crippen LogP contribution in [-0.2, 0) is 11.2 Å². The SMILES string of the molecule is COc1cc(OC)c2c(c1)C(N)COCC2. The summed E-state index contributed by atoms with van der Waals surface area (Å²) < 4.78 is 16.0. The van der Waals surface area contributed by atoms with Crippen molar-refractivity contribution in [1.82, 2.24) is 0 Å². The van der Waals surface area contributed by atoms with Gasteiger partial charge in [-0.05, 0) is 18.1 Å². The lowest BCUT2D eigenvalue weighted by Crippen LogP contribution is -2.16. The van der Waals surface area contributed by atoms with Crippen LogP contribution in [0.2, 0.25) is 0 Å². The Morgan fingerprint density at radius 1 is 1.31 bits per heavy atom. The number of hydrogen-bond acceptors (Lipinski definition) is 4. The molecule has 0 amide bonds. The molecule has 1 aromatic carbocycles. The molecule has 1 aliphatic rings. The molecule has 88 valence electrons. The molecule has 0 aliphatic carbocycles. The van der Waals surface area contributed by atoms with Gasteiger partial charge in [0.05, 0.1) is 33.5 Å². The van der Waals surface area contributed by atoms with Gasteiger partial charge >= 0.3 is 0 Å². The highest BCUT2D eigenvalue weighted by Crippen LogP contribution is 2.33. The standard InChI is InChI=1S/C12H17NO3/c1-14-8-5-10-9(12(6-8)15-2)3-4-16-7-11(10)13/h5-6,11H,3-4,7,13H2,1-2H3. The molecular formula is C12H17NO3. The third-order valence-electron chi connectivity index (χ3n) is 2.87. The van der Waals surface area contributed by atoms with Crippen LogP contribution in [0.15, 0.2) is 12.1 Å². The Morgan fingerprint density at radius 3 is 2.81 bits per heavy atom. The van der Waals surface area contributed by atoms with Gasteiger partial charge in [-0.15, -0.1) is 0 Å². The topological polar surface area (TPSA) is 53.7 Å². The number of methoxy groups -OCH3 is 2. The number of fused-ring (bicyclic) bond motifs is 1. The summed E-state index contributed by atoms with van der Waals surface area (Å²) in [5.74, 6) is 1.60. The molecular weight excluding hydrogens is 206 g/mol. The second-order valence-electron chi connectivity index (χ2n) is 3.83. The van der Waals surface area contributed by atoms with Crippen LogP contribution in [0, 0.1) is 0 Å². The fraction of sp³-hybridized carbons (Fsp3) is 0.500. The van der Waals surface area contributed by atoms with Crippen LogP contribution in [0.1, 0.15) is 17.2 Å². The van der Waals surface area contributed by atoms with E-state index in [2.05, 4.69) is 0 Å². The lowest BCUT2D eigenvalue weighted by atomic mass is 9.98. The minimum Gasteiger partial charge on any atom is -0.497 e. The van der Waals surface area contributed by atoms with Crippen LogP contribution in [0.3, 0.4) is 0 Å². The van der Waals surface area contributed by atoms with Crippen LogP contribution in [0.25, 0.3) is 0 Å². The van der Waals surface area contributed by atoms with E-state index >= 15 is 0 Å². The lowest BCUT2D eigenvalue weighted by Gasteiger charge is -2.16. The molecule has 2 N–H and O–H groups in total. The first kappa shape index (κ1) is 11.2. The van der Waals surface area contributed by atoms with Gasteiger partial charge in [0.25, 0.3) is 0 Å². The Labute approximate surface area is 95.3 Å². The lowest BCUT2D eigenvalue weighted by molar-refractivity contribution is 0.131. The summed E-state index contributed by atoms with van der Waals surface area (Å²) >= 11 is 0. The summed E-state index contributed by atoms with van der Waals surface area (Å²) in [5, 5.41) is 0. The maximum atomic E-state index is 6.06. The average molecular weight is 223 g/mol. The zero-order valence-corrected chi connectivity index (χ0v) is 9.66. The molecule has 4 heteroatoms. The van der Waals surface area contributed by atoms with E-state index in [0.29, 0.717) is 13.2 Å². The second-order valence-corrected chi connectivity index (χ2v) is 3.83. The van der Waals surface area contributed by atoms with E-state index in [9.17, 15) is 0 Å². The van der Waals surface area contributed by atoms with Crippen molar-refractivity contribution in [3.63, 3.8) is 0 Å². The highest BCUT2D eigenvalue weighted by atomic mass is 16.5. The molecule has 0 fully saturated rings.